The fraction of sp³-hybridized carbons (Fsp3) is 0.133. The van der Waals surface area contributed by atoms with Gasteiger partial charge in [-0.2, -0.15) is 0 Å². The summed E-state index contributed by atoms with van der Waals surface area (Å²) in [5, 5.41) is 8.65. The Labute approximate surface area is 135 Å². The highest BCUT2D eigenvalue weighted by Crippen LogP contribution is 2.31. The van der Waals surface area contributed by atoms with Crippen molar-refractivity contribution in [2.45, 2.75) is 6.92 Å². The van der Waals surface area contributed by atoms with Crippen molar-refractivity contribution in [2.75, 3.05) is 22.6 Å². The largest absolute Gasteiger partial charge is 0.482 e. The van der Waals surface area contributed by atoms with Crippen LogP contribution < -0.4 is 20.7 Å². The summed E-state index contributed by atoms with van der Waals surface area (Å²) in [4.78, 5) is 35.0. The lowest BCUT2D eigenvalue weighted by Crippen LogP contribution is -2.25. The topological polar surface area (TPSA) is 96.5 Å². The van der Waals surface area contributed by atoms with Gasteiger partial charge >= 0.3 is 0 Å². The predicted molar refractivity (Wildman–Crippen MR) is 87.1 cm³/mol. The van der Waals surface area contributed by atoms with Gasteiger partial charge in [0.15, 0.2) is 6.61 Å². The molecule has 7 nitrogen and oxygen atoms in total. The standard InChI is InChI=1S/C15H13N3O4S/c1-8(19)16-14-5-4-12(23-14)15(21)17-9-2-3-11-10(6-9)18-13(20)7-22-11/h2-6H,7H2,1H3,(H,16,19)(H,17,21)(H,18,20). The van der Waals surface area contributed by atoms with Gasteiger partial charge in [-0.15, -0.1) is 11.3 Å². The van der Waals surface area contributed by atoms with Crippen molar-refractivity contribution in [2.24, 2.45) is 0 Å². The molecule has 0 aliphatic carbocycles. The van der Waals surface area contributed by atoms with Crippen molar-refractivity contribution in [3.63, 3.8) is 0 Å². The molecule has 3 amide bonds. The smallest absolute Gasteiger partial charge is 0.265 e. The van der Waals surface area contributed by atoms with E-state index in [9.17, 15) is 14.4 Å². The number of amides is 3. The van der Waals surface area contributed by atoms with E-state index >= 15 is 0 Å². The van der Waals surface area contributed by atoms with Crippen LogP contribution in [0.5, 0.6) is 5.75 Å². The molecule has 118 valence electrons. The Morgan fingerprint density at radius 3 is 2.83 bits per heavy atom. The van der Waals surface area contributed by atoms with Crippen LogP contribution in [0.25, 0.3) is 0 Å². The van der Waals surface area contributed by atoms with E-state index in [1.165, 1.54) is 18.3 Å². The molecule has 1 aliphatic heterocycles. The van der Waals surface area contributed by atoms with E-state index in [1.54, 1.807) is 30.3 Å². The number of benzene rings is 1. The Balaban J connectivity index is 1.73. The highest BCUT2D eigenvalue weighted by atomic mass is 32.1. The average Bonchev–Trinajstić information content (AvgIpc) is 2.94. The number of anilines is 3. The molecule has 1 aliphatic rings. The fourth-order valence-corrected chi connectivity index (χ4v) is 2.90. The SMILES string of the molecule is CC(=O)Nc1ccc(C(=O)Nc2ccc3c(c2)NC(=O)CO3)s1. The molecule has 0 fully saturated rings. The Bertz CT molecular complexity index is 800. The molecule has 0 saturated carbocycles. The third kappa shape index (κ3) is 3.49. The second-order valence-corrected chi connectivity index (χ2v) is 5.93. The van der Waals surface area contributed by atoms with Crippen molar-refractivity contribution in [1.82, 2.24) is 0 Å². The van der Waals surface area contributed by atoms with E-state index in [2.05, 4.69) is 16.0 Å². The lowest BCUT2D eigenvalue weighted by Gasteiger charge is -2.18. The summed E-state index contributed by atoms with van der Waals surface area (Å²) in [5.74, 6) is -0.162. The third-order valence-electron chi connectivity index (χ3n) is 3.00. The van der Waals surface area contributed by atoms with Crippen molar-refractivity contribution in [3.8, 4) is 5.75 Å². The van der Waals surface area contributed by atoms with E-state index < -0.39 is 0 Å². The van der Waals surface area contributed by atoms with Crippen LogP contribution in [0, 0.1) is 0 Å². The van der Waals surface area contributed by atoms with Crippen molar-refractivity contribution >= 4 is 45.4 Å². The first-order chi connectivity index (χ1) is 11.0. The highest BCUT2D eigenvalue weighted by Gasteiger charge is 2.17. The van der Waals surface area contributed by atoms with Crippen LogP contribution in [0.15, 0.2) is 30.3 Å². The minimum atomic E-state index is -0.297. The van der Waals surface area contributed by atoms with Crippen LogP contribution >= 0.6 is 11.3 Å². The number of hydrogen-bond acceptors (Lipinski definition) is 5. The number of thiophene rings is 1. The van der Waals surface area contributed by atoms with Gasteiger partial charge in [0.1, 0.15) is 5.75 Å². The number of hydrogen-bond donors (Lipinski definition) is 3. The normalized spacial score (nSPS) is 12.7. The van der Waals surface area contributed by atoms with Crippen molar-refractivity contribution < 1.29 is 19.1 Å². The molecule has 2 heterocycles. The monoisotopic (exact) mass is 331 g/mol. The number of ether oxygens (including phenoxy) is 1. The van der Waals surface area contributed by atoms with Crippen LogP contribution in [-0.4, -0.2) is 24.3 Å². The predicted octanol–water partition coefficient (Wildman–Crippen LogP) is 2.29. The highest BCUT2D eigenvalue weighted by molar-refractivity contribution is 7.18. The molecule has 1 aromatic heterocycles. The Hall–Kier alpha value is -2.87. The molecule has 0 atom stereocenters. The number of carbonyl (C=O) groups is 3. The summed E-state index contributed by atoms with van der Waals surface area (Å²) in [5.41, 5.74) is 1.05. The second kappa shape index (κ2) is 6.09. The summed E-state index contributed by atoms with van der Waals surface area (Å²) >= 11 is 1.18. The number of fused-ring (bicyclic) bond motifs is 1. The van der Waals surface area contributed by atoms with E-state index in [-0.39, 0.29) is 24.3 Å². The molecule has 0 radical (unpaired) electrons. The molecule has 0 unspecified atom stereocenters. The zero-order valence-corrected chi connectivity index (χ0v) is 13.0. The molecule has 23 heavy (non-hydrogen) atoms. The number of rotatable bonds is 3. The third-order valence-corrected chi connectivity index (χ3v) is 4.00. The fourth-order valence-electron chi connectivity index (χ4n) is 2.05. The molecule has 8 heteroatoms. The number of nitrogens with one attached hydrogen (secondary N) is 3. The lowest BCUT2D eigenvalue weighted by molar-refractivity contribution is -0.118. The first-order valence-corrected chi connectivity index (χ1v) is 7.58. The molecule has 3 N–H and O–H groups in total. The minimum Gasteiger partial charge on any atom is -0.482 e. The van der Waals surface area contributed by atoms with Gasteiger partial charge < -0.3 is 20.7 Å². The maximum atomic E-state index is 12.2. The maximum absolute atomic E-state index is 12.2. The molecule has 2 aromatic rings. The quantitative estimate of drug-likeness (QED) is 0.804. The van der Waals surface area contributed by atoms with Crippen LogP contribution in [0.2, 0.25) is 0 Å². The zero-order chi connectivity index (χ0) is 16.4. The molecule has 0 bridgehead atoms. The maximum Gasteiger partial charge on any atom is 0.265 e. The molecular formula is C15H13N3O4S. The van der Waals surface area contributed by atoms with Gasteiger partial charge in [0.2, 0.25) is 5.91 Å². The zero-order valence-electron chi connectivity index (χ0n) is 12.1. The molecule has 0 saturated heterocycles. The van der Waals surface area contributed by atoms with Crippen molar-refractivity contribution in [1.29, 1.82) is 0 Å². The van der Waals surface area contributed by atoms with Crippen LogP contribution in [-0.2, 0) is 9.59 Å². The second-order valence-electron chi connectivity index (χ2n) is 4.85. The van der Waals surface area contributed by atoms with Gasteiger partial charge in [-0.25, -0.2) is 0 Å². The molecular weight excluding hydrogens is 318 g/mol. The molecule has 0 spiro atoms. The lowest BCUT2D eigenvalue weighted by atomic mass is 10.2. The van der Waals surface area contributed by atoms with Gasteiger partial charge in [0, 0.05) is 12.6 Å². The van der Waals surface area contributed by atoms with Crippen LogP contribution in [0.4, 0.5) is 16.4 Å². The van der Waals surface area contributed by atoms with Crippen LogP contribution in [0.1, 0.15) is 16.6 Å². The minimum absolute atomic E-state index is 0.0141. The van der Waals surface area contributed by atoms with E-state index in [0.29, 0.717) is 27.0 Å². The summed E-state index contributed by atoms with van der Waals surface area (Å²) in [6, 6.07) is 8.31. The van der Waals surface area contributed by atoms with Gasteiger partial charge in [-0.3, -0.25) is 14.4 Å². The van der Waals surface area contributed by atoms with Gasteiger partial charge in [-0.05, 0) is 30.3 Å². The number of carbonyl (C=O) groups excluding carboxylic acids is 3. The van der Waals surface area contributed by atoms with Gasteiger partial charge in [-0.1, -0.05) is 0 Å². The van der Waals surface area contributed by atoms with Gasteiger partial charge in [0.05, 0.1) is 15.6 Å². The first-order valence-electron chi connectivity index (χ1n) is 6.77. The van der Waals surface area contributed by atoms with Crippen molar-refractivity contribution in [3.05, 3.63) is 35.2 Å². The Morgan fingerprint density at radius 1 is 1.22 bits per heavy atom. The van der Waals surface area contributed by atoms with Gasteiger partial charge in [0.25, 0.3) is 11.8 Å². The Kier molecular flexibility index (Phi) is 3.98. The summed E-state index contributed by atoms with van der Waals surface area (Å²) in [6.45, 7) is 1.39. The van der Waals surface area contributed by atoms with E-state index in [0.717, 1.165) is 0 Å². The Morgan fingerprint density at radius 2 is 2.04 bits per heavy atom. The van der Waals surface area contributed by atoms with Crippen LogP contribution in [0.3, 0.4) is 0 Å². The first kappa shape index (κ1) is 15.0. The summed E-state index contributed by atoms with van der Waals surface area (Å²) in [6.07, 6.45) is 0. The average molecular weight is 331 g/mol. The van der Waals surface area contributed by atoms with E-state index in [4.69, 9.17) is 4.74 Å². The molecule has 3 rings (SSSR count). The summed E-state index contributed by atoms with van der Waals surface area (Å²) in [7, 11) is 0. The molecule has 1 aromatic carbocycles. The summed E-state index contributed by atoms with van der Waals surface area (Å²) < 4.78 is 5.26. The van der Waals surface area contributed by atoms with E-state index in [1.807, 2.05) is 0 Å².